The lowest BCUT2D eigenvalue weighted by Crippen LogP contribution is -2.51. The van der Waals surface area contributed by atoms with Gasteiger partial charge in [-0.15, -0.1) is 0 Å². The Bertz CT molecular complexity index is 2070. The van der Waals surface area contributed by atoms with Crippen LogP contribution < -0.4 is 0 Å². The molecule has 8 nitrogen and oxygen atoms in total. The van der Waals surface area contributed by atoms with Crippen molar-refractivity contribution in [2.45, 2.75) is 74.8 Å². The zero-order valence-corrected chi connectivity index (χ0v) is 27.2. The number of amidine groups is 1. The van der Waals surface area contributed by atoms with Crippen molar-refractivity contribution in [2.24, 2.45) is 10.4 Å². The van der Waals surface area contributed by atoms with Gasteiger partial charge in [0.05, 0.1) is 52.3 Å². The second-order valence-corrected chi connectivity index (χ2v) is 14.5. The molecule has 0 bridgehead atoms. The van der Waals surface area contributed by atoms with Gasteiger partial charge < -0.3 is 4.74 Å². The molecule has 2 saturated carbocycles. The topological polar surface area (TPSA) is 93.5 Å². The number of carbonyl (C=O) groups excluding carboxylic acids is 1. The number of hydrogen-bond donors (Lipinski definition) is 0. The maximum absolute atomic E-state index is 15.4. The molecule has 2 spiro atoms. The number of amides is 1. The quantitative estimate of drug-likeness (QED) is 0.195. The number of fused-ring (bicyclic) bond motifs is 5. The van der Waals surface area contributed by atoms with Crippen molar-refractivity contribution in [3.63, 3.8) is 0 Å². The normalized spacial score (nSPS) is 25.3. The first-order valence-corrected chi connectivity index (χ1v) is 17.7. The van der Waals surface area contributed by atoms with E-state index in [9.17, 15) is 0 Å². The van der Waals surface area contributed by atoms with Crippen LogP contribution in [0.15, 0.2) is 84.1 Å². The van der Waals surface area contributed by atoms with Crippen molar-refractivity contribution in [2.75, 3.05) is 7.11 Å². The Kier molecular flexibility index (Phi) is 6.90. The fourth-order valence-electron chi connectivity index (χ4n) is 8.19. The van der Waals surface area contributed by atoms with E-state index in [1.807, 2.05) is 59.6 Å². The average molecular weight is 641 g/mol. The number of hydrogen-bond acceptors (Lipinski definition) is 8. The molecule has 0 radical (unpaired) electrons. The fourth-order valence-corrected chi connectivity index (χ4v) is 9.11. The first-order valence-electron chi connectivity index (χ1n) is 16.7. The number of nitrogens with zero attached hydrogens (tertiary/aromatic N) is 6. The van der Waals surface area contributed by atoms with Gasteiger partial charge in [0.25, 0.3) is 5.91 Å². The average Bonchev–Trinajstić information content (AvgIpc) is 3.89. The Balaban J connectivity index is 1.15. The molecule has 2 aromatic heterocycles. The van der Waals surface area contributed by atoms with Crippen molar-refractivity contribution in [1.82, 2.24) is 24.8 Å². The van der Waals surface area contributed by atoms with E-state index in [-0.39, 0.29) is 17.4 Å². The molecule has 4 aliphatic rings. The number of ether oxygens (including phenoxy) is 1. The standard InChI is InChI=1S/C38H36N6O2S/c1-46-29-14-16-37(17-15-29)19-26-13-12-25(24-10-11-24)18-30(26)38(37)35(45)44(22-27-20-39-31-6-2-4-8-33(31)41-27)36(43-38)47-23-28-21-40-32-7-3-5-9-34(32)42-28/h2-9,12-13,18,20-21,24,29H,10-11,14-17,19,22-23H2,1H3. The number of methoxy groups -OCH3 is 1. The molecule has 1 amide bonds. The van der Waals surface area contributed by atoms with Crippen LogP contribution in [0, 0.1) is 5.41 Å². The van der Waals surface area contributed by atoms with E-state index in [0.717, 1.165) is 76.3 Å². The molecule has 9 rings (SSSR count). The predicted octanol–water partition coefficient (Wildman–Crippen LogP) is 7.11. The highest BCUT2D eigenvalue weighted by molar-refractivity contribution is 8.13. The van der Waals surface area contributed by atoms with Crippen LogP contribution in [0.5, 0.6) is 0 Å². The maximum atomic E-state index is 15.4. The minimum atomic E-state index is -0.979. The molecule has 2 fully saturated rings. The summed E-state index contributed by atoms with van der Waals surface area (Å²) in [6.07, 6.45) is 10.8. The number of rotatable bonds is 6. The lowest BCUT2D eigenvalue weighted by Gasteiger charge is -2.45. The predicted molar refractivity (Wildman–Crippen MR) is 184 cm³/mol. The molecule has 0 N–H and O–H groups in total. The first-order chi connectivity index (χ1) is 23.0. The van der Waals surface area contributed by atoms with Crippen LogP contribution >= 0.6 is 11.8 Å². The van der Waals surface area contributed by atoms with E-state index < -0.39 is 5.54 Å². The van der Waals surface area contributed by atoms with Crippen LogP contribution in [0.4, 0.5) is 0 Å². The molecule has 1 unspecified atom stereocenters. The largest absolute Gasteiger partial charge is 0.381 e. The molecule has 3 heterocycles. The van der Waals surface area contributed by atoms with E-state index in [4.69, 9.17) is 19.7 Å². The minimum Gasteiger partial charge on any atom is -0.381 e. The third-order valence-corrected chi connectivity index (χ3v) is 11.8. The van der Waals surface area contributed by atoms with E-state index >= 15 is 4.79 Å². The molecule has 3 aliphatic carbocycles. The zero-order chi connectivity index (χ0) is 31.6. The van der Waals surface area contributed by atoms with Crippen molar-refractivity contribution in [1.29, 1.82) is 0 Å². The summed E-state index contributed by atoms with van der Waals surface area (Å²) in [7, 11) is 1.80. The third-order valence-electron chi connectivity index (χ3n) is 10.8. The Labute approximate surface area is 278 Å². The van der Waals surface area contributed by atoms with Gasteiger partial charge in [-0.1, -0.05) is 54.2 Å². The van der Waals surface area contributed by atoms with E-state index in [2.05, 4.69) is 28.2 Å². The van der Waals surface area contributed by atoms with Crippen LogP contribution in [0.25, 0.3) is 22.1 Å². The van der Waals surface area contributed by atoms with Gasteiger partial charge in [0.1, 0.15) is 0 Å². The van der Waals surface area contributed by atoms with Crippen LogP contribution in [-0.4, -0.2) is 49.1 Å². The van der Waals surface area contributed by atoms with Crippen molar-refractivity contribution < 1.29 is 9.53 Å². The number of thioether (sulfide) groups is 1. The summed E-state index contributed by atoms with van der Waals surface area (Å²) < 4.78 is 5.82. The molecule has 1 aliphatic heterocycles. The molecule has 236 valence electrons. The van der Waals surface area contributed by atoms with Crippen LogP contribution in [0.1, 0.15) is 72.5 Å². The molecule has 9 heteroatoms. The number of para-hydroxylation sites is 4. The van der Waals surface area contributed by atoms with Crippen molar-refractivity contribution in [3.8, 4) is 0 Å². The van der Waals surface area contributed by atoms with Gasteiger partial charge in [-0.2, -0.15) is 0 Å². The molecule has 5 aromatic rings. The van der Waals surface area contributed by atoms with E-state index in [0.29, 0.717) is 18.2 Å². The van der Waals surface area contributed by atoms with Crippen molar-refractivity contribution >= 4 is 44.9 Å². The molecular weight excluding hydrogens is 605 g/mol. The second kappa shape index (κ2) is 11.2. The summed E-state index contributed by atoms with van der Waals surface area (Å²) in [4.78, 5) is 42.0. The van der Waals surface area contributed by atoms with Gasteiger partial charge in [-0.3, -0.25) is 19.7 Å². The van der Waals surface area contributed by atoms with Crippen LogP contribution in [0.2, 0.25) is 0 Å². The first kappa shape index (κ1) is 29.0. The Morgan fingerprint density at radius 2 is 1.51 bits per heavy atom. The summed E-state index contributed by atoms with van der Waals surface area (Å²) in [5, 5.41) is 0.720. The highest BCUT2D eigenvalue weighted by Gasteiger charge is 2.67. The van der Waals surface area contributed by atoms with Gasteiger partial charge in [0, 0.05) is 24.5 Å². The van der Waals surface area contributed by atoms with E-state index in [1.165, 1.54) is 24.0 Å². The zero-order valence-electron chi connectivity index (χ0n) is 26.4. The number of carbonyl (C=O) groups is 1. The second-order valence-electron chi connectivity index (χ2n) is 13.6. The summed E-state index contributed by atoms with van der Waals surface area (Å²) in [6.45, 7) is 0.308. The smallest absolute Gasteiger partial charge is 0.262 e. The Hall–Kier alpha value is -4.21. The van der Waals surface area contributed by atoms with Crippen LogP contribution in [0.3, 0.4) is 0 Å². The summed E-state index contributed by atoms with van der Waals surface area (Å²) in [5.41, 5.74) is 7.42. The highest BCUT2D eigenvalue weighted by Crippen LogP contribution is 2.63. The van der Waals surface area contributed by atoms with E-state index in [1.54, 1.807) is 25.1 Å². The van der Waals surface area contributed by atoms with Gasteiger partial charge in [0.15, 0.2) is 10.7 Å². The van der Waals surface area contributed by atoms with Gasteiger partial charge in [-0.05, 0) is 91.8 Å². The van der Waals surface area contributed by atoms with Gasteiger partial charge in [0.2, 0.25) is 0 Å². The molecule has 0 saturated heterocycles. The number of benzene rings is 3. The number of aromatic nitrogens is 4. The lowest BCUT2D eigenvalue weighted by molar-refractivity contribution is -0.138. The summed E-state index contributed by atoms with van der Waals surface area (Å²) >= 11 is 1.57. The van der Waals surface area contributed by atoms with Crippen LogP contribution in [-0.2, 0) is 33.8 Å². The lowest BCUT2D eigenvalue weighted by atomic mass is 9.61. The van der Waals surface area contributed by atoms with Gasteiger partial charge >= 0.3 is 0 Å². The maximum Gasteiger partial charge on any atom is 0.262 e. The monoisotopic (exact) mass is 640 g/mol. The SMILES string of the molecule is COC1CCC2(CC1)Cc1ccc(C3CC3)cc1C21N=C(SCc2cnc3ccccc3n2)N(Cc2cnc3ccccc3n2)C1=O. The Morgan fingerprint density at radius 3 is 2.19 bits per heavy atom. The van der Waals surface area contributed by atoms with Gasteiger partial charge in [-0.25, -0.2) is 15.0 Å². The molecule has 1 atom stereocenters. The highest BCUT2D eigenvalue weighted by atomic mass is 32.2. The van der Waals surface area contributed by atoms with Crippen molar-refractivity contribution in [3.05, 3.63) is 107 Å². The minimum absolute atomic E-state index is 0.0575. The third kappa shape index (κ3) is 4.77. The number of aliphatic imine (C=N–C) groups is 1. The summed E-state index contributed by atoms with van der Waals surface area (Å²) in [6, 6.07) is 22.7. The summed E-state index contributed by atoms with van der Waals surface area (Å²) in [5.74, 6) is 1.19. The molecule has 47 heavy (non-hydrogen) atoms. The molecular formula is C38H36N6O2S. The Morgan fingerprint density at radius 1 is 0.851 bits per heavy atom. The fraction of sp³-hybridized carbons (Fsp3) is 0.368. The molecule has 3 aromatic carbocycles.